The highest BCUT2D eigenvalue weighted by Gasteiger charge is 2.17. The summed E-state index contributed by atoms with van der Waals surface area (Å²) in [6.07, 6.45) is -2.98. The molecule has 0 radical (unpaired) electrons. The first kappa shape index (κ1) is 9.45. The minimum atomic E-state index is -2.64. The lowest BCUT2D eigenvalue weighted by molar-refractivity contribution is -0.118. The van der Waals surface area contributed by atoms with Gasteiger partial charge in [-0.1, -0.05) is 0 Å². The van der Waals surface area contributed by atoms with Gasteiger partial charge >= 0.3 is 0 Å². The predicted octanol–water partition coefficient (Wildman–Crippen LogP) is -0.503. The second-order valence-electron chi connectivity index (χ2n) is 1.95. The van der Waals surface area contributed by atoms with Crippen LogP contribution in [0.1, 0.15) is 6.42 Å². The molecule has 5 heteroatoms. The average molecular weight is 152 g/mol. The van der Waals surface area contributed by atoms with Gasteiger partial charge in [0.1, 0.15) is 5.78 Å². The number of carbonyl (C=O) groups is 1. The molecule has 0 aromatic carbocycles. The molecular formula is C5H10F2N2O. The lowest BCUT2D eigenvalue weighted by atomic mass is 10.1. The lowest BCUT2D eigenvalue weighted by Crippen LogP contribution is -2.33. The van der Waals surface area contributed by atoms with E-state index in [4.69, 9.17) is 11.5 Å². The van der Waals surface area contributed by atoms with Crippen LogP contribution in [0.3, 0.4) is 0 Å². The zero-order valence-electron chi connectivity index (χ0n) is 5.39. The summed E-state index contributed by atoms with van der Waals surface area (Å²) in [5.74, 6) is -0.437. The van der Waals surface area contributed by atoms with Gasteiger partial charge < -0.3 is 11.5 Å². The molecular weight excluding hydrogens is 142 g/mol. The van der Waals surface area contributed by atoms with E-state index < -0.39 is 18.3 Å². The highest BCUT2D eigenvalue weighted by atomic mass is 19.3. The Morgan fingerprint density at radius 2 is 2.00 bits per heavy atom. The van der Waals surface area contributed by atoms with Gasteiger partial charge in [0, 0.05) is 6.42 Å². The van der Waals surface area contributed by atoms with E-state index in [1.54, 1.807) is 0 Å². The van der Waals surface area contributed by atoms with Crippen LogP contribution >= 0.6 is 0 Å². The fourth-order valence-corrected chi connectivity index (χ4v) is 0.435. The number of alkyl halides is 2. The zero-order valence-corrected chi connectivity index (χ0v) is 5.39. The van der Waals surface area contributed by atoms with E-state index in [-0.39, 0.29) is 13.0 Å². The fourth-order valence-electron chi connectivity index (χ4n) is 0.435. The normalized spacial score (nSPS) is 13.7. The summed E-state index contributed by atoms with van der Waals surface area (Å²) in [7, 11) is 0. The Labute approximate surface area is 57.4 Å². The molecule has 0 spiro atoms. The van der Waals surface area contributed by atoms with Gasteiger partial charge in [-0.2, -0.15) is 0 Å². The van der Waals surface area contributed by atoms with Gasteiger partial charge in [0.15, 0.2) is 0 Å². The van der Waals surface area contributed by atoms with E-state index in [0.29, 0.717) is 0 Å². The second kappa shape index (κ2) is 4.29. The van der Waals surface area contributed by atoms with Crippen molar-refractivity contribution >= 4 is 5.78 Å². The molecule has 0 saturated carbocycles. The van der Waals surface area contributed by atoms with Crippen LogP contribution in [0.2, 0.25) is 0 Å². The van der Waals surface area contributed by atoms with E-state index in [9.17, 15) is 13.6 Å². The van der Waals surface area contributed by atoms with Crippen molar-refractivity contribution in [1.29, 1.82) is 0 Å². The molecule has 0 aromatic heterocycles. The van der Waals surface area contributed by atoms with Crippen LogP contribution in [0.5, 0.6) is 0 Å². The molecule has 0 bridgehead atoms. The molecule has 10 heavy (non-hydrogen) atoms. The first-order valence-electron chi connectivity index (χ1n) is 2.83. The van der Waals surface area contributed by atoms with E-state index in [0.717, 1.165) is 0 Å². The maximum atomic E-state index is 11.6. The summed E-state index contributed by atoms with van der Waals surface area (Å²) in [5.41, 5.74) is 9.74. The van der Waals surface area contributed by atoms with Crippen molar-refractivity contribution in [3.05, 3.63) is 0 Å². The lowest BCUT2D eigenvalue weighted by Gasteiger charge is -2.06. The Morgan fingerprint density at radius 3 is 2.30 bits per heavy atom. The molecule has 4 N–H and O–H groups in total. The Morgan fingerprint density at radius 1 is 1.50 bits per heavy atom. The van der Waals surface area contributed by atoms with E-state index >= 15 is 0 Å². The van der Waals surface area contributed by atoms with Gasteiger partial charge in [0.25, 0.3) is 6.43 Å². The first-order chi connectivity index (χ1) is 4.57. The molecule has 0 aliphatic heterocycles. The smallest absolute Gasteiger partial charge is 0.253 e. The number of ketones is 1. The van der Waals surface area contributed by atoms with Crippen molar-refractivity contribution in [3.63, 3.8) is 0 Å². The maximum Gasteiger partial charge on any atom is 0.253 e. The third-order valence-corrected chi connectivity index (χ3v) is 1.01. The molecule has 0 aliphatic carbocycles. The van der Waals surface area contributed by atoms with Crippen LogP contribution in [0, 0.1) is 0 Å². The summed E-state index contributed by atoms with van der Waals surface area (Å²) in [5, 5.41) is 0. The average Bonchev–Trinajstić information content (AvgIpc) is 1.87. The van der Waals surface area contributed by atoms with Crippen LogP contribution in [0.4, 0.5) is 8.78 Å². The Balaban J connectivity index is 3.57. The molecule has 0 amide bonds. The Bertz CT molecular complexity index is 118. The zero-order chi connectivity index (χ0) is 8.15. The van der Waals surface area contributed by atoms with Crippen molar-refractivity contribution in [3.8, 4) is 0 Å². The second-order valence-corrected chi connectivity index (χ2v) is 1.95. The number of carbonyl (C=O) groups excluding carboxylic acids is 1. The Kier molecular flexibility index (Phi) is 4.06. The SMILES string of the molecule is NCC(=O)CC(N)C(F)F. The van der Waals surface area contributed by atoms with Gasteiger partial charge in [0.05, 0.1) is 12.6 Å². The monoisotopic (exact) mass is 152 g/mol. The van der Waals surface area contributed by atoms with E-state index in [2.05, 4.69) is 0 Å². The largest absolute Gasteiger partial charge is 0.324 e. The molecule has 1 atom stereocenters. The van der Waals surface area contributed by atoms with Crippen LogP contribution in [0.25, 0.3) is 0 Å². The van der Waals surface area contributed by atoms with Crippen LogP contribution in [-0.2, 0) is 4.79 Å². The van der Waals surface area contributed by atoms with Gasteiger partial charge in [-0.05, 0) is 0 Å². The number of hydrogen-bond donors (Lipinski definition) is 2. The quantitative estimate of drug-likeness (QED) is 0.570. The summed E-state index contributed by atoms with van der Waals surface area (Å²) < 4.78 is 23.2. The van der Waals surface area contributed by atoms with Crippen LogP contribution in [0.15, 0.2) is 0 Å². The summed E-state index contributed by atoms with van der Waals surface area (Å²) in [4.78, 5) is 10.4. The van der Waals surface area contributed by atoms with Crippen molar-refractivity contribution < 1.29 is 13.6 Å². The van der Waals surface area contributed by atoms with Gasteiger partial charge in [0.2, 0.25) is 0 Å². The highest BCUT2D eigenvalue weighted by molar-refractivity contribution is 5.80. The topological polar surface area (TPSA) is 69.1 Å². The summed E-state index contributed by atoms with van der Waals surface area (Å²) in [6.45, 7) is -0.222. The Hall–Kier alpha value is -0.550. The van der Waals surface area contributed by atoms with E-state index in [1.165, 1.54) is 0 Å². The van der Waals surface area contributed by atoms with Crippen molar-refractivity contribution in [1.82, 2.24) is 0 Å². The van der Waals surface area contributed by atoms with Crippen molar-refractivity contribution in [2.24, 2.45) is 11.5 Å². The third kappa shape index (κ3) is 3.47. The standard InChI is InChI=1S/C5H10F2N2O/c6-5(7)4(9)1-3(10)2-8/h4-5H,1-2,8-9H2. The molecule has 0 aromatic rings. The molecule has 0 rings (SSSR count). The summed E-state index contributed by atoms with van der Waals surface area (Å²) >= 11 is 0. The van der Waals surface area contributed by atoms with Gasteiger partial charge in [-0.25, -0.2) is 8.78 Å². The number of hydrogen-bond acceptors (Lipinski definition) is 3. The fraction of sp³-hybridized carbons (Fsp3) is 0.800. The highest BCUT2D eigenvalue weighted by Crippen LogP contribution is 2.01. The molecule has 60 valence electrons. The number of Topliss-reactive ketones (excluding diaryl/α,β-unsaturated/α-hetero) is 1. The first-order valence-corrected chi connectivity index (χ1v) is 2.83. The van der Waals surface area contributed by atoms with E-state index in [1.807, 2.05) is 0 Å². The number of nitrogens with two attached hydrogens (primary N) is 2. The molecule has 1 unspecified atom stereocenters. The van der Waals surface area contributed by atoms with Gasteiger partial charge in [-0.3, -0.25) is 4.79 Å². The molecule has 0 aliphatic rings. The molecule has 0 fully saturated rings. The minimum Gasteiger partial charge on any atom is -0.324 e. The minimum absolute atomic E-state index is 0.222. The maximum absolute atomic E-state index is 11.6. The molecule has 3 nitrogen and oxygen atoms in total. The van der Waals surface area contributed by atoms with Crippen LogP contribution in [-0.4, -0.2) is 24.8 Å². The van der Waals surface area contributed by atoms with Crippen molar-refractivity contribution in [2.75, 3.05) is 6.54 Å². The number of halogens is 2. The van der Waals surface area contributed by atoms with Gasteiger partial charge in [-0.15, -0.1) is 0 Å². The van der Waals surface area contributed by atoms with Crippen molar-refractivity contribution in [2.45, 2.75) is 18.9 Å². The number of rotatable bonds is 4. The van der Waals surface area contributed by atoms with Crippen LogP contribution < -0.4 is 11.5 Å². The molecule has 0 heterocycles. The molecule has 0 saturated heterocycles. The third-order valence-electron chi connectivity index (χ3n) is 1.01. The summed E-state index contributed by atoms with van der Waals surface area (Å²) in [6, 6.07) is -1.36. The predicted molar refractivity (Wildman–Crippen MR) is 32.7 cm³/mol.